The molecule has 0 radical (unpaired) electrons. The number of hydrogen-bond donors (Lipinski definition) is 3. The van der Waals surface area contributed by atoms with Crippen LogP contribution in [0.4, 0.5) is 0 Å². The average Bonchev–Trinajstić information content (AvgIpc) is 3.72. The van der Waals surface area contributed by atoms with Crippen molar-refractivity contribution in [3.63, 3.8) is 0 Å². The number of benzene rings is 1. The molecule has 4 heterocycles. The van der Waals surface area contributed by atoms with E-state index in [4.69, 9.17) is 24.0 Å². The van der Waals surface area contributed by atoms with E-state index in [1.807, 2.05) is 36.1 Å². The first-order valence-corrected chi connectivity index (χ1v) is 15.4. The van der Waals surface area contributed by atoms with Crippen molar-refractivity contribution >= 4 is 40.4 Å². The molecule has 2 aliphatic heterocycles. The Kier molecular flexibility index (Phi) is 13.3. The van der Waals surface area contributed by atoms with E-state index in [1.165, 1.54) is 25.9 Å². The van der Waals surface area contributed by atoms with Crippen molar-refractivity contribution in [2.75, 3.05) is 46.4 Å². The van der Waals surface area contributed by atoms with Gasteiger partial charge >= 0.3 is 0 Å². The van der Waals surface area contributed by atoms with E-state index in [-0.39, 0.29) is 29.6 Å². The fourth-order valence-electron chi connectivity index (χ4n) is 5.60. The summed E-state index contributed by atoms with van der Waals surface area (Å²) in [4.78, 5) is 44.4. The van der Waals surface area contributed by atoms with Crippen molar-refractivity contribution in [3.8, 4) is 0 Å². The van der Waals surface area contributed by atoms with Gasteiger partial charge in [0.15, 0.2) is 5.58 Å². The molecule has 2 aromatic heterocycles. The number of ether oxygens (including phenoxy) is 1. The predicted molar refractivity (Wildman–Crippen MR) is 170 cm³/mol. The number of rotatable bonds is 9. The zero-order valence-electron chi connectivity index (χ0n) is 26.5. The summed E-state index contributed by atoms with van der Waals surface area (Å²) in [5, 5.41) is 13.8. The standard InChI is InChI=1S/C28H36N4O4.C4H9N.CH2O2/c1-18-17-32(14-13-28(18,4)19(2)27(34)29-5)24(33)12-16-35-15-8-11-23-30-20(3)26-25(31-23)21-9-6-7-10-22(21)36-26;1-2-4-5-3-1;2-1-3/h6-7,9-10,18H,2,8,11-17H2,1,3-5H3,(H,29,34);5H,1-4H2;1H,(H,2,3). The molecule has 1 aromatic carbocycles. The minimum Gasteiger partial charge on any atom is -0.483 e. The monoisotopic (exact) mass is 609 g/mol. The molecular formula is C33H47N5O6. The summed E-state index contributed by atoms with van der Waals surface area (Å²) < 4.78 is 11.7. The molecule has 2 fully saturated rings. The van der Waals surface area contributed by atoms with E-state index < -0.39 is 0 Å². The molecule has 0 spiro atoms. The van der Waals surface area contributed by atoms with Crippen molar-refractivity contribution < 1.29 is 28.6 Å². The lowest BCUT2D eigenvalue weighted by molar-refractivity contribution is -0.135. The van der Waals surface area contributed by atoms with Gasteiger partial charge in [0, 0.05) is 49.5 Å². The van der Waals surface area contributed by atoms with Crippen molar-refractivity contribution in [1.82, 2.24) is 25.5 Å². The zero-order chi connectivity index (χ0) is 32.1. The van der Waals surface area contributed by atoms with Gasteiger partial charge in [-0.3, -0.25) is 14.4 Å². The lowest BCUT2D eigenvalue weighted by atomic mass is 9.67. The molecule has 2 aliphatic rings. The molecule has 2 atom stereocenters. The molecule has 5 rings (SSSR count). The summed E-state index contributed by atoms with van der Waals surface area (Å²) in [6.45, 7) is 14.5. The Morgan fingerprint density at radius 1 is 1.25 bits per heavy atom. The quantitative estimate of drug-likeness (QED) is 0.184. The number of aromatic nitrogens is 2. The molecule has 0 saturated carbocycles. The fourth-order valence-corrected chi connectivity index (χ4v) is 5.60. The zero-order valence-corrected chi connectivity index (χ0v) is 26.5. The first kappa shape index (κ1) is 34.7. The largest absolute Gasteiger partial charge is 0.483 e. The van der Waals surface area contributed by atoms with Crippen LogP contribution in [0.25, 0.3) is 22.1 Å². The number of furan rings is 1. The van der Waals surface area contributed by atoms with Gasteiger partial charge in [-0.25, -0.2) is 9.97 Å². The van der Waals surface area contributed by atoms with Crippen molar-refractivity contribution in [2.45, 2.75) is 59.3 Å². The SMILES string of the molecule is C1CCNC1.C=C(C(=O)NC)C1(C)CCN(C(=O)CCOCCCc2nc(C)c3oc4ccccc4c3n2)CC1C.O=CO. The van der Waals surface area contributed by atoms with E-state index in [2.05, 4.69) is 36.0 Å². The maximum absolute atomic E-state index is 12.7. The molecule has 3 N–H and O–H groups in total. The minimum absolute atomic E-state index is 0.0886. The molecule has 2 saturated heterocycles. The highest BCUT2D eigenvalue weighted by molar-refractivity contribution is 6.02. The number of nitrogens with one attached hydrogen (secondary N) is 2. The van der Waals surface area contributed by atoms with E-state index in [0.29, 0.717) is 44.7 Å². The van der Waals surface area contributed by atoms with Crippen LogP contribution in [-0.4, -0.2) is 84.7 Å². The molecule has 44 heavy (non-hydrogen) atoms. The third-order valence-electron chi connectivity index (χ3n) is 8.57. The Balaban J connectivity index is 0.000000581. The van der Waals surface area contributed by atoms with Gasteiger partial charge in [0.1, 0.15) is 16.9 Å². The van der Waals surface area contributed by atoms with Crippen molar-refractivity contribution in [2.24, 2.45) is 11.3 Å². The number of nitrogens with zero attached hydrogens (tertiary/aromatic N) is 3. The van der Waals surface area contributed by atoms with E-state index in [1.54, 1.807) is 7.05 Å². The molecule has 240 valence electrons. The number of fused-ring (bicyclic) bond motifs is 3. The molecule has 2 amide bonds. The highest BCUT2D eigenvalue weighted by Gasteiger charge is 2.41. The van der Waals surface area contributed by atoms with Gasteiger partial charge in [0.05, 0.1) is 18.7 Å². The molecule has 3 aromatic rings. The molecule has 11 heteroatoms. The van der Waals surface area contributed by atoms with E-state index >= 15 is 0 Å². The number of aryl methyl sites for hydroxylation is 2. The summed E-state index contributed by atoms with van der Waals surface area (Å²) in [6.07, 6.45) is 5.32. The number of carboxylic acid groups (broad SMARTS) is 1. The number of carbonyl (C=O) groups is 3. The number of piperidine rings is 1. The van der Waals surface area contributed by atoms with Gasteiger partial charge in [-0.05, 0) is 63.7 Å². The van der Waals surface area contributed by atoms with Gasteiger partial charge < -0.3 is 29.8 Å². The Bertz CT molecular complexity index is 1410. The Morgan fingerprint density at radius 3 is 2.59 bits per heavy atom. The van der Waals surface area contributed by atoms with Crippen LogP contribution in [0, 0.1) is 18.3 Å². The van der Waals surface area contributed by atoms with Crippen LogP contribution in [-0.2, 0) is 25.5 Å². The molecule has 0 bridgehead atoms. The van der Waals surface area contributed by atoms with Gasteiger partial charge in [0.25, 0.3) is 6.47 Å². The predicted octanol–water partition coefficient (Wildman–Crippen LogP) is 4.27. The van der Waals surface area contributed by atoms with Gasteiger partial charge in [-0.15, -0.1) is 0 Å². The molecule has 0 aliphatic carbocycles. The summed E-state index contributed by atoms with van der Waals surface area (Å²) in [7, 11) is 1.62. The topological polar surface area (TPSA) is 147 Å². The second kappa shape index (κ2) is 16.9. The van der Waals surface area contributed by atoms with Crippen LogP contribution in [0.5, 0.6) is 0 Å². The van der Waals surface area contributed by atoms with Crippen LogP contribution >= 0.6 is 0 Å². The number of hydrogen-bond acceptors (Lipinski definition) is 8. The van der Waals surface area contributed by atoms with Crippen LogP contribution in [0.3, 0.4) is 0 Å². The summed E-state index contributed by atoms with van der Waals surface area (Å²) >= 11 is 0. The summed E-state index contributed by atoms with van der Waals surface area (Å²) in [5.74, 6) is 0.880. The average molecular weight is 610 g/mol. The van der Waals surface area contributed by atoms with Crippen LogP contribution in [0.2, 0.25) is 0 Å². The van der Waals surface area contributed by atoms with Crippen LogP contribution < -0.4 is 10.6 Å². The third-order valence-corrected chi connectivity index (χ3v) is 8.57. The summed E-state index contributed by atoms with van der Waals surface area (Å²) in [5.41, 5.74) is 3.53. The lowest BCUT2D eigenvalue weighted by Crippen LogP contribution is -2.49. The van der Waals surface area contributed by atoms with E-state index in [0.717, 1.165) is 46.4 Å². The maximum Gasteiger partial charge on any atom is 0.290 e. The third kappa shape index (κ3) is 8.86. The first-order valence-electron chi connectivity index (χ1n) is 15.4. The smallest absolute Gasteiger partial charge is 0.290 e. The fraction of sp³-hybridized carbons (Fsp3) is 0.545. The Labute approximate surface area is 259 Å². The maximum atomic E-state index is 12.7. The first-order chi connectivity index (χ1) is 21.2. The molecular weight excluding hydrogens is 562 g/mol. The number of likely N-dealkylation sites (N-methyl/N-ethyl adjacent to an activating group) is 1. The van der Waals surface area contributed by atoms with Crippen LogP contribution in [0.1, 0.15) is 57.5 Å². The lowest BCUT2D eigenvalue weighted by Gasteiger charge is -2.45. The van der Waals surface area contributed by atoms with Crippen LogP contribution in [0.15, 0.2) is 40.8 Å². The van der Waals surface area contributed by atoms with Gasteiger partial charge in [-0.1, -0.05) is 32.6 Å². The minimum atomic E-state index is -0.306. The number of para-hydroxylation sites is 1. The van der Waals surface area contributed by atoms with Crippen molar-refractivity contribution in [1.29, 1.82) is 0 Å². The van der Waals surface area contributed by atoms with Crippen molar-refractivity contribution in [3.05, 3.63) is 47.9 Å². The second-order valence-electron chi connectivity index (χ2n) is 11.5. The summed E-state index contributed by atoms with van der Waals surface area (Å²) in [6, 6.07) is 7.88. The number of carbonyl (C=O) groups excluding carboxylic acids is 2. The molecule has 2 unspecified atom stereocenters. The van der Waals surface area contributed by atoms with E-state index in [9.17, 15) is 9.59 Å². The number of amides is 2. The molecule has 11 nitrogen and oxygen atoms in total. The Hall–Kier alpha value is -3.83. The number of likely N-dealkylation sites (tertiary alicyclic amines) is 1. The van der Waals surface area contributed by atoms with Gasteiger partial charge in [-0.2, -0.15) is 0 Å². The highest BCUT2D eigenvalue weighted by Crippen LogP contribution is 2.42. The Morgan fingerprint density at radius 2 is 1.95 bits per heavy atom. The highest BCUT2D eigenvalue weighted by atomic mass is 16.5. The second-order valence-corrected chi connectivity index (χ2v) is 11.5. The normalized spacial score (nSPS) is 19.5. The van der Waals surface area contributed by atoms with Gasteiger partial charge in [0.2, 0.25) is 11.8 Å².